The van der Waals surface area contributed by atoms with Crippen LogP contribution in [-0.2, 0) is 22.9 Å². The molecule has 0 bridgehead atoms. The number of aliphatic hydroxyl groups excluding tert-OH is 1. The minimum atomic E-state index is -3.59. The summed E-state index contributed by atoms with van der Waals surface area (Å²) in [6, 6.07) is 18.5. The van der Waals surface area contributed by atoms with Gasteiger partial charge in [0.25, 0.3) is 0 Å². The van der Waals surface area contributed by atoms with Crippen LogP contribution in [0, 0.1) is 0 Å². The van der Waals surface area contributed by atoms with E-state index in [0.29, 0.717) is 12.0 Å². The third kappa shape index (κ3) is 8.88. The van der Waals surface area contributed by atoms with Gasteiger partial charge in [0.15, 0.2) is 11.5 Å². The highest BCUT2D eigenvalue weighted by Gasteiger charge is 2.19. The van der Waals surface area contributed by atoms with Crippen LogP contribution in [0.3, 0.4) is 0 Å². The molecule has 0 radical (unpaired) electrons. The number of ether oxygens (including phenoxy) is 2. The molecule has 11 heteroatoms. The van der Waals surface area contributed by atoms with E-state index in [-0.39, 0.29) is 41.9 Å². The maximum atomic E-state index is 12.7. The lowest BCUT2D eigenvalue weighted by Gasteiger charge is -2.23. The molecular formula is C26H30F2N2O6S. The van der Waals surface area contributed by atoms with Gasteiger partial charge in [-0.25, -0.2) is 8.42 Å². The molecule has 0 saturated carbocycles. The summed E-state index contributed by atoms with van der Waals surface area (Å²) in [5.41, 5.74) is 2.42. The quantitative estimate of drug-likeness (QED) is 0.245. The molecule has 4 N–H and O–H groups in total. The zero-order valence-electron chi connectivity index (χ0n) is 20.4. The van der Waals surface area contributed by atoms with Gasteiger partial charge in [0.1, 0.15) is 5.75 Å². The Morgan fingerprint density at radius 3 is 2.32 bits per heavy atom. The Bertz CT molecular complexity index is 1280. The first-order valence-electron chi connectivity index (χ1n) is 11.4. The van der Waals surface area contributed by atoms with Crippen LogP contribution in [0.15, 0.2) is 66.7 Å². The van der Waals surface area contributed by atoms with Crippen LogP contribution >= 0.6 is 0 Å². The molecule has 0 amide bonds. The fourth-order valence-electron chi connectivity index (χ4n) is 3.87. The fourth-order valence-corrected chi connectivity index (χ4v) is 4.43. The van der Waals surface area contributed by atoms with E-state index in [4.69, 9.17) is 4.74 Å². The first-order chi connectivity index (χ1) is 17.5. The van der Waals surface area contributed by atoms with Crippen LogP contribution in [0.1, 0.15) is 22.7 Å². The predicted molar refractivity (Wildman–Crippen MR) is 137 cm³/mol. The lowest BCUT2D eigenvalue weighted by Crippen LogP contribution is -2.32. The van der Waals surface area contributed by atoms with Crippen LogP contribution in [0.2, 0.25) is 0 Å². The molecule has 0 saturated heterocycles. The average molecular weight is 537 g/mol. The number of alkyl halides is 2. The van der Waals surface area contributed by atoms with E-state index >= 15 is 0 Å². The Morgan fingerprint density at radius 2 is 1.68 bits per heavy atom. The van der Waals surface area contributed by atoms with Crippen LogP contribution in [0.5, 0.6) is 17.2 Å². The third-order valence-electron chi connectivity index (χ3n) is 5.52. The van der Waals surface area contributed by atoms with Gasteiger partial charge in [0.2, 0.25) is 10.0 Å². The third-order valence-corrected chi connectivity index (χ3v) is 6.11. The van der Waals surface area contributed by atoms with Crippen molar-refractivity contribution < 1.29 is 36.9 Å². The molecule has 200 valence electrons. The van der Waals surface area contributed by atoms with Gasteiger partial charge in [-0.1, -0.05) is 42.5 Å². The molecular weight excluding hydrogens is 506 g/mol. The molecule has 3 aromatic carbocycles. The number of anilines is 1. The van der Waals surface area contributed by atoms with E-state index in [0.717, 1.165) is 17.4 Å². The zero-order chi connectivity index (χ0) is 27.0. The van der Waals surface area contributed by atoms with Crippen molar-refractivity contribution in [3.05, 3.63) is 83.4 Å². The number of aromatic hydroxyl groups is 1. The summed E-state index contributed by atoms with van der Waals surface area (Å²) in [7, 11) is -2.22. The summed E-state index contributed by atoms with van der Waals surface area (Å²) in [5.74, 6) is -0.142. The minimum absolute atomic E-state index is 0.0281. The van der Waals surface area contributed by atoms with E-state index < -0.39 is 22.7 Å². The van der Waals surface area contributed by atoms with Crippen LogP contribution in [-0.4, -0.2) is 51.3 Å². The summed E-state index contributed by atoms with van der Waals surface area (Å²) in [4.78, 5) is 0. The van der Waals surface area contributed by atoms with E-state index in [2.05, 4.69) is 14.8 Å². The zero-order valence-corrected chi connectivity index (χ0v) is 21.2. The highest BCUT2D eigenvalue weighted by Crippen LogP contribution is 2.32. The second-order valence-corrected chi connectivity index (χ2v) is 10.3. The van der Waals surface area contributed by atoms with Gasteiger partial charge < -0.3 is 25.0 Å². The van der Waals surface area contributed by atoms with Crippen LogP contribution < -0.4 is 19.5 Å². The van der Waals surface area contributed by atoms with E-state index in [9.17, 15) is 27.4 Å². The van der Waals surface area contributed by atoms with E-state index in [1.165, 1.54) is 25.3 Å². The Kier molecular flexibility index (Phi) is 9.67. The first-order valence-corrected chi connectivity index (χ1v) is 13.3. The number of halogens is 2. The van der Waals surface area contributed by atoms with Gasteiger partial charge in [0.05, 0.1) is 25.2 Å². The summed E-state index contributed by atoms with van der Waals surface area (Å²) in [6.07, 6.45) is 0.866. The van der Waals surface area contributed by atoms with Crippen molar-refractivity contribution in [2.24, 2.45) is 0 Å². The number of phenolic OH excluding ortho intramolecular Hbond substituents is 1. The van der Waals surface area contributed by atoms with E-state index in [1.807, 2.05) is 30.3 Å². The highest BCUT2D eigenvalue weighted by molar-refractivity contribution is 7.92. The number of hydrogen-bond donors (Lipinski definition) is 4. The Labute approximate surface area is 214 Å². The van der Waals surface area contributed by atoms with Crippen LogP contribution in [0.25, 0.3) is 0 Å². The highest BCUT2D eigenvalue weighted by atomic mass is 32.2. The summed E-state index contributed by atoms with van der Waals surface area (Å²) in [5, 5.41) is 24.0. The number of methoxy groups -OCH3 is 1. The normalized spacial score (nSPS) is 13.2. The number of hydrogen-bond acceptors (Lipinski definition) is 7. The number of benzene rings is 3. The Hall–Kier alpha value is -3.41. The lowest BCUT2D eigenvalue weighted by molar-refractivity contribution is -0.0512. The van der Waals surface area contributed by atoms with Gasteiger partial charge in [-0.15, -0.1) is 0 Å². The molecule has 0 aliphatic rings. The predicted octanol–water partition coefficient (Wildman–Crippen LogP) is 3.85. The van der Waals surface area contributed by atoms with Crippen molar-refractivity contribution in [2.45, 2.75) is 31.6 Å². The van der Waals surface area contributed by atoms with E-state index in [1.54, 1.807) is 18.2 Å². The summed E-state index contributed by atoms with van der Waals surface area (Å²) in [6.45, 7) is -2.81. The summed E-state index contributed by atoms with van der Waals surface area (Å²) >= 11 is 0. The molecule has 0 aromatic heterocycles. The number of phenols is 1. The molecule has 0 unspecified atom stereocenters. The molecule has 3 rings (SSSR count). The molecule has 3 aromatic rings. The monoisotopic (exact) mass is 536 g/mol. The molecule has 0 fully saturated rings. The van der Waals surface area contributed by atoms with Crippen molar-refractivity contribution in [3.8, 4) is 17.2 Å². The van der Waals surface area contributed by atoms with Crippen LogP contribution in [0.4, 0.5) is 14.5 Å². The second-order valence-electron chi connectivity index (χ2n) is 8.52. The molecule has 37 heavy (non-hydrogen) atoms. The van der Waals surface area contributed by atoms with Gasteiger partial charge in [-0.3, -0.25) is 4.72 Å². The van der Waals surface area contributed by atoms with Crippen molar-refractivity contribution in [2.75, 3.05) is 24.6 Å². The maximum absolute atomic E-state index is 12.7. The smallest absolute Gasteiger partial charge is 0.387 e. The molecule has 2 atom stereocenters. The lowest BCUT2D eigenvalue weighted by atomic mass is 9.97. The van der Waals surface area contributed by atoms with Gasteiger partial charge in [-0.2, -0.15) is 8.78 Å². The largest absolute Gasteiger partial charge is 0.506 e. The first kappa shape index (κ1) is 28.2. The van der Waals surface area contributed by atoms with Crippen molar-refractivity contribution in [1.82, 2.24) is 5.32 Å². The maximum Gasteiger partial charge on any atom is 0.387 e. The number of rotatable bonds is 13. The Morgan fingerprint density at radius 1 is 0.946 bits per heavy atom. The SMILES string of the molecule is COc1cc([C@@H](Cc2ccccc2)NC[C@@H](O)Cc2ccc(O)c(NS(C)(=O)=O)c2)ccc1OC(F)F. The van der Waals surface area contributed by atoms with Gasteiger partial charge in [0, 0.05) is 12.6 Å². The van der Waals surface area contributed by atoms with Gasteiger partial charge >= 0.3 is 6.61 Å². The molecule has 0 heterocycles. The summed E-state index contributed by atoms with van der Waals surface area (Å²) < 4.78 is 60.5. The second kappa shape index (κ2) is 12.7. The molecule has 0 aliphatic heterocycles. The molecule has 0 aliphatic carbocycles. The number of nitrogens with one attached hydrogen (secondary N) is 2. The minimum Gasteiger partial charge on any atom is -0.506 e. The molecule has 8 nitrogen and oxygen atoms in total. The van der Waals surface area contributed by atoms with Crippen molar-refractivity contribution >= 4 is 15.7 Å². The van der Waals surface area contributed by atoms with Crippen molar-refractivity contribution in [3.63, 3.8) is 0 Å². The molecule has 0 spiro atoms. The standard InChI is InChI=1S/C26H30F2N2O6S/c1-35-25-15-19(9-11-24(25)36-26(27)28)21(13-17-6-4-3-5-7-17)29-16-20(31)12-18-8-10-23(32)22(14-18)30-37(2,33)34/h3-11,14-15,20-21,26,29-32H,12-13,16H2,1-2H3/t20-,21+/m0/s1. The Balaban J connectivity index is 1.76. The van der Waals surface area contributed by atoms with Crippen molar-refractivity contribution in [1.29, 1.82) is 0 Å². The van der Waals surface area contributed by atoms with Gasteiger partial charge in [-0.05, 0) is 53.8 Å². The topological polar surface area (TPSA) is 117 Å². The average Bonchev–Trinajstić information content (AvgIpc) is 2.83. The number of sulfonamides is 1. The fraction of sp³-hybridized carbons (Fsp3) is 0.308. The number of aliphatic hydroxyl groups is 1.